The van der Waals surface area contributed by atoms with Crippen molar-refractivity contribution in [1.82, 2.24) is 5.32 Å². The highest BCUT2D eigenvalue weighted by Crippen LogP contribution is 2.28. The summed E-state index contributed by atoms with van der Waals surface area (Å²) in [7, 11) is 0. The first-order chi connectivity index (χ1) is 19.0. The van der Waals surface area contributed by atoms with Gasteiger partial charge in [-0.25, -0.2) is 4.79 Å². The highest BCUT2D eigenvalue weighted by Gasteiger charge is 2.36. The van der Waals surface area contributed by atoms with Crippen LogP contribution in [0.3, 0.4) is 0 Å². The fourth-order valence-electron chi connectivity index (χ4n) is 3.91. The first kappa shape index (κ1) is 28.4. The number of amides is 2. The number of aliphatic hydroxyl groups excluding tert-OH is 1. The molecule has 0 aliphatic carbocycles. The van der Waals surface area contributed by atoms with Gasteiger partial charge in [-0.2, -0.15) is 0 Å². The summed E-state index contributed by atoms with van der Waals surface area (Å²) < 4.78 is 11.2. The van der Waals surface area contributed by atoms with E-state index in [1.807, 2.05) is 42.5 Å². The van der Waals surface area contributed by atoms with E-state index >= 15 is 0 Å². The zero-order valence-corrected chi connectivity index (χ0v) is 23.1. The number of carbonyl (C=O) groups excluding carboxylic acids is 2. The van der Waals surface area contributed by atoms with Crippen molar-refractivity contribution in [3.8, 4) is 33.8 Å². The van der Waals surface area contributed by atoms with Crippen LogP contribution >= 0.6 is 0 Å². The molecule has 4 aromatic rings. The minimum Gasteiger partial charge on any atom is -0.457 e. The summed E-state index contributed by atoms with van der Waals surface area (Å²) in [5, 5.41) is 14.9. The maximum Gasteiger partial charge on any atom is 0.408 e. The molecule has 0 saturated heterocycles. The van der Waals surface area contributed by atoms with Crippen molar-refractivity contribution in [3.05, 3.63) is 103 Å². The number of ether oxygens (including phenoxy) is 2. The molecule has 2 amide bonds. The van der Waals surface area contributed by atoms with Gasteiger partial charge in [0.1, 0.15) is 22.6 Å². The minimum atomic E-state index is -1.57. The van der Waals surface area contributed by atoms with Gasteiger partial charge in [0.15, 0.2) is 0 Å². The van der Waals surface area contributed by atoms with Gasteiger partial charge in [-0.05, 0) is 86.3 Å². The Kier molecular flexibility index (Phi) is 8.55. The predicted molar refractivity (Wildman–Crippen MR) is 157 cm³/mol. The molecule has 0 aromatic heterocycles. The van der Waals surface area contributed by atoms with Crippen LogP contribution in [0.25, 0.3) is 22.3 Å². The van der Waals surface area contributed by atoms with Crippen molar-refractivity contribution in [2.24, 2.45) is 0 Å². The highest BCUT2D eigenvalue weighted by atomic mass is 16.6. The van der Waals surface area contributed by atoms with E-state index in [4.69, 9.17) is 9.47 Å². The van der Waals surface area contributed by atoms with Crippen molar-refractivity contribution in [2.45, 2.75) is 38.8 Å². The molecular weight excluding hydrogens is 504 g/mol. The van der Waals surface area contributed by atoms with E-state index in [2.05, 4.69) is 47.0 Å². The summed E-state index contributed by atoms with van der Waals surface area (Å²) in [5.41, 5.74) is 2.73. The molecule has 0 aliphatic heterocycles. The molecule has 0 radical (unpaired) electrons. The van der Waals surface area contributed by atoms with Crippen LogP contribution in [0.15, 0.2) is 103 Å². The first-order valence-electron chi connectivity index (χ1n) is 13.0. The number of alkyl carbamates (subject to hydrolysis) is 1. The molecule has 4 rings (SSSR count). The smallest absolute Gasteiger partial charge is 0.408 e. The molecule has 7 nitrogen and oxygen atoms in total. The van der Waals surface area contributed by atoms with Gasteiger partial charge in [-0.15, -0.1) is 0 Å². The lowest BCUT2D eigenvalue weighted by Gasteiger charge is -2.29. The standard InChI is InChI=1S/C33H34N2O5/c1-32(2,3)40-31(38)35-33(4,22-36)30(37)34-27-16-20-29(21-17-27)39-28-18-14-26(15-19-28)25-12-10-24(11-13-25)23-8-6-5-7-9-23/h5-21,36H,22H2,1-4H3,(H,34,37)(H,35,38)/t33-/m0/s1. The molecule has 3 N–H and O–H groups in total. The maximum atomic E-state index is 12.8. The molecule has 0 heterocycles. The Morgan fingerprint density at radius 3 is 1.60 bits per heavy atom. The second-order valence-corrected chi connectivity index (χ2v) is 10.7. The number of carbonyl (C=O) groups is 2. The molecule has 206 valence electrons. The van der Waals surface area contributed by atoms with Gasteiger partial charge in [0.05, 0.1) is 6.61 Å². The molecule has 0 bridgehead atoms. The lowest BCUT2D eigenvalue weighted by atomic mass is 10.0. The highest BCUT2D eigenvalue weighted by molar-refractivity contribution is 5.99. The Hall–Kier alpha value is -4.62. The van der Waals surface area contributed by atoms with E-state index in [9.17, 15) is 14.7 Å². The fourth-order valence-corrected chi connectivity index (χ4v) is 3.91. The van der Waals surface area contributed by atoms with Crippen molar-refractivity contribution in [2.75, 3.05) is 11.9 Å². The van der Waals surface area contributed by atoms with Crippen LogP contribution in [0.5, 0.6) is 11.5 Å². The second-order valence-electron chi connectivity index (χ2n) is 10.7. The number of nitrogens with one attached hydrogen (secondary N) is 2. The first-order valence-corrected chi connectivity index (χ1v) is 13.0. The van der Waals surface area contributed by atoms with Crippen LogP contribution in [0.4, 0.5) is 10.5 Å². The summed E-state index contributed by atoms with van der Waals surface area (Å²) in [6.07, 6.45) is -0.793. The largest absolute Gasteiger partial charge is 0.457 e. The molecule has 7 heteroatoms. The molecule has 0 saturated carbocycles. The number of aliphatic hydroxyl groups is 1. The number of anilines is 1. The van der Waals surface area contributed by atoms with Crippen LogP contribution in [-0.2, 0) is 9.53 Å². The van der Waals surface area contributed by atoms with Crippen molar-refractivity contribution in [1.29, 1.82) is 0 Å². The van der Waals surface area contributed by atoms with E-state index in [1.165, 1.54) is 18.1 Å². The third-order valence-electron chi connectivity index (χ3n) is 6.12. The molecule has 0 unspecified atom stereocenters. The van der Waals surface area contributed by atoms with E-state index in [0.29, 0.717) is 17.2 Å². The van der Waals surface area contributed by atoms with Gasteiger partial charge in [0, 0.05) is 5.69 Å². The van der Waals surface area contributed by atoms with Gasteiger partial charge in [-0.3, -0.25) is 4.79 Å². The van der Waals surface area contributed by atoms with Crippen molar-refractivity contribution >= 4 is 17.7 Å². The van der Waals surface area contributed by atoms with Gasteiger partial charge in [0.25, 0.3) is 5.91 Å². The van der Waals surface area contributed by atoms with E-state index in [1.54, 1.807) is 45.0 Å². The van der Waals surface area contributed by atoms with Gasteiger partial charge in [0.2, 0.25) is 0 Å². The zero-order chi connectivity index (χ0) is 28.8. The topological polar surface area (TPSA) is 96.9 Å². The Balaban J connectivity index is 1.35. The second kappa shape index (κ2) is 12.1. The SMILES string of the molecule is CC(C)(C)OC(=O)N[C@@](C)(CO)C(=O)Nc1ccc(Oc2ccc(-c3ccc(-c4ccccc4)cc3)cc2)cc1. The lowest BCUT2D eigenvalue weighted by Crippen LogP contribution is -2.58. The molecule has 40 heavy (non-hydrogen) atoms. The van der Waals surface area contributed by atoms with Crippen LogP contribution in [-0.4, -0.2) is 34.9 Å². The molecule has 0 fully saturated rings. The van der Waals surface area contributed by atoms with Crippen LogP contribution in [0.1, 0.15) is 27.7 Å². The van der Waals surface area contributed by atoms with E-state index < -0.39 is 29.7 Å². The minimum absolute atomic E-state index is 0.484. The summed E-state index contributed by atoms with van der Waals surface area (Å²) in [6, 6.07) is 33.4. The summed E-state index contributed by atoms with van der Waals surface area (Å²) in [5.74, 6) is 0.688. The Labute approximate surface area is 234 Å². The maximum absolute atomic E-state index is 12.8. The van der Waals surface area contributed by atoms with Crippen LogP contribution < -0.4 is 15.4 Å². The van der Waals surface area contributed by atoms with E-state index in [-0.39, 0.29) is 0 Å². The average Bonchev–Trinajstić information content (AvgIpc) is 2.94. The Morgan fingerprint density at radius 2 is 1.12 bits per heavy atom. The number of rotatable bonds is 8. The quantitative estimate of drug-likeness (QED) is 0.224. The third kappa shape index (κ3) is 7.48. The third-order valence-corrected chi connectivity index (χ3v) is 6.12. The molecule has 0 spiro atoms. The van der Waals surface area contributed by atoms with Gasteiger partial charge < -0.3 is 25.2 Å². The number of hydrogen-bond donors (Lipinski definition) is 3. The Morgan fingerprint density at radius 1 is 0.675 bits per heavy atom. The van der Waals surface area contributed by atoms with E-state index in [0.717, 1.165) is 11.1 Å². The molecule has 0 aliphatic rings. The number of hydrogen-bond acceptors (Lipinski definition) is 5. The van der Waals surface area contributed by atoms with Crippen LogP contribution in [0, 0.1) is 0 Å². The predicted octanol–water partition coefficient (Wildman–Crippen LogP) is 7.03. The van der Waals surface area contributed by atoms with Crippen molar-refractivity contribution < 1.29 is 24.2 Å². The summed E-state index contributed by atoms with van der Waals surface area (Å²) in [4.78, 5) is 24.9. The monoisotopic (exact) mass is 538 g/mol. The normalized spacial score (nSPS) is 12.6. The summed E-state index contributed by atoms with van der Waals surface area (Å²) >= 11 is 0. The molecule has 4 aromatic carbocycles. The molecular formula is C33H34N2O5. The Bertz CT molecular complexity index is 1430. The molecule has 1 atom stereocenters. The van der Waals surface area contributed by atoms with Gasteiger partial charge >= 0.3 is 6.09 Å². The van der Waals surface area contributed by atoms with Gasteiger partial charge in [-0.1, -0.05) is 66.7 Å². The average molecular weight is 539 g/mol. The van der Waals surface area contributed by atoms with Crippen molar-refractivity contribution in [3.63, 3.8) is 0 Å². The number of benzene rings is 4. The lowest BCUT2D eigenvalue weighted by molar-refractivity contribution is -0.123. The summed E-state index contributed by atoms with van der Waals surface area (Å²) in [6.45, 7) is 5.96. The van der Waals surface area contributed by atoms with Crippen LogP contribution in [0.2, 0.25) is 0 Å². The zero-order valence-electron chi connectivity index (χ0n) is 23.1. The fraction of sp³-hybridized carbons (Fsp3) is 0.212.